The molecule has 2 aliphatic heterocycles. The molecule has 1 aromatic carbocycles. The third-order valence-corrected chi connectivity index (χ3v) is 5.69. The standard InChI is InChI=1S/C18H19ClN2O3/c19-16-8-12-5-7-20-6-1-2-11-3-4-13(21(23)24)9-14(11)18(20)15(12)10-17(16)22/h3-4,8,10,13,18,22H,1-2,5-7,9H2. The summed E-state index contributed by atoms with van der Waals surface area (Å²) in [5.41, 5.74) is 4.55. The molecule has 0 fully saturated rings. The van der Waals surface area contributed by atoms with Crippen molar-refractivity contribution >= 4 is 11.6 Å². The quantitative estimate of drug-likeness (QED) is 0.622. The Labute approximate surface area is 145 Å². The number of aromatic hydroxyl groups is 1. The minimum absolute atomic E-state index is 0.0156. The molecule has 1 N–H and O–H groups in total. The summed E-state index contributed by atoms with van der Waals surface area (Å²) in [6.45, 7) is 1.89. The number of rotatable bonds is 1. The highest BCUT2D eigenvalue weighted by atomic mass is 35.5. The van der Waals surface area contributed by atoms with E-state index in [0.29, 0.717) is 11.4 Å². The summed E-state index contributed by atoms with van der Waals surface area (Å²) in [6.07, 6.45) is 7.01. The van der Waals surface area contributed by atoms with Gasteiger partial charge in [-0.05, 0) is 66.3 Å². The Morgan fingerprint density at radius 2 is 2.12 bits per heavy atom. The first-order valence-electron chi connectivity index (χ1n) is 8.33. The fourth-order valence-electron chi connectivity index (χ4n) is 4.24. The summed E-state index contributed by atoms with van der Waals surface area (Å²) in [4.78, 5) is 13.5. The van der Waals surface area contributed by atoms with E-state index in [0.717, 1.165) is 49.1 Å². The highest BCUT2D eigenvalue weighted by Crippen LogP contribution is 2.45. The van der Waals surface area contributed by atoms with Gasteiger partial charge in [0, 0.05) is 17.9 Å². The van der Waals surface area contributed by atoms with E-state index in [1.54, 1.807) is 12.1 Å². The minimum atomic E-state index is -0.657. The third-order valence-electron chi connectivity index (χ3n) is 5.39. The van der Waals surface area contributed by atoms with Crippen molar-refractivity contribution in [1.82, 2.24) is 4.90 Å². The molecule has 0 amide bonds. The number of hydrogen-bond acceptors (Lipinski definition) is 4. The number of fused-ring (bicyclic) bond motifs is 4. The molecule has 0 saturated heterocycles. The predicted octanol–water partition coefficient (Wildman–Crippen LogP) is 3.64. The number of nitrogens with zero attached hydrogens (tertiary/aromatic N) is 2. The molecule has 0 aromatic heterocycles. The molecule has 3 aliphatic rings. The van der Waals surface area contributed by atoms with Crippen LogP contribution in [0, 0.1) is 10.1 Å². The third kappa shape index (κ3) is 2.52. The maximum absolute atomic E-state index is 11.3. The van der Waals surface area contributed by atoms with Crippen LogP contribution in [0.5, 0.6) is 5.75 Å². The number of hydrogen-bond donors (Lipinski definition) is 1. The van der Waals surface area contributed by atoms with E-state index in [1.807, 2.05) is 12.1 Å². The van der Waals surface area contributed by atoms with Crippen LogP contribution in [0.3, 0.4) is 0 Å². The lowest BCUT2D eigenvalue weighted by atomic mass is 9.81. The number of nitro groups is 1. The monoisotopic (exact) mass is 346 g/mol. The van der Waals surface area contributed by atoms with Gasteiger partial charge in [-0.2, -0.15) is 0 Å². The van der Waals surface area contributed by atoms with Gasteiger partial charge in [0.15, 0.2) is 0 Å². The van der Waals surface area contributed by atoms with E-state index >= 15 is 0 Å². The summed E-state index contributed by atoms with van der Waals surface area (Å²) in [5, 5.41) is 21.7. The average molecular weight is 347 g/mol. The number of halogens is 1. The summed E-state index contributed by atoms with van der Waals surface area (Å²) in [7, 11) is 0. The Kier molecular flexibility index (Phi) is 3.85. The first kappa shape index (κ1) is 15.7. The van der Waals surface area contributed by atoms with E-state index < -0.39 is 6.04 Å². The van der Waals surface area contributed by atoms with Gasteiger partial charge in [0.2, 0.25) is 6.04 Å². The first-order valence-corrected chi connectivity index (χ1v) is 8.71. The van der Waals surface area contributed by atoms with Crippen LogP contribution in [0.4, 0.5) is 0 Å². The Hall–Kier alpha value is -1.85. The zero-order valence-corrected chi connectivity index (χ0v) is 14.0. The van der Waals surface area contributed by atoms with Gasteiger partial charge >= 0.3 is 0 Å². The number of benzene rings is 1. The summed E-state index contributed by atoms with van der Waals surface area (Å²) in [6, 6.07) is 2.96. The molecule has 24 heavy (non-hydrogen) atoms. The van der Waals surface area contributed by atoms with E-state index in [4.69, 9.17) is 11.6 Å². The molecule has 126 valence electrons. The van der Waals surface area contributed by atoms with Crippen LogP contribution in [0.2, 0.25) is 5.02 Å². The van der Waals surface area contributed by atoms with Crippen molar-refractivity contribution in [3.05, 3.63) is 61.7 Å². The van der Waals surface area contributed by atoms with Crippen LogP contribution >= 0.6 is 11.6 Å². The van der Waals surface area contributed by atoms with Crippen molar-refractivity contribution in [3.63, 3.8) is 0 Å². The van der Waals surface area contributed by atoms with Gasteiger partial charge in [0.1, 0.15) is 5.75 Å². The lowest BCUT2D eigenvalue weighted by molar-refractivity contribution is -0.509. The number of allylic oxidation sites excluding steroid dienone is 2. The predicted molar refractivity (Wildman–Crippen MR) is 91.9 cm³/mol. The smallest absolute Gasteiger partial charge is 0.235 e. The maximum atomic E-state index is 11.3. The largest absolute Gasteiger partial charge is 0.506 e. The molecular formula is C18H19ClN2O3. The minimum Gasteiger partial charge on any atom is -0.506 e. The molecule has 0 spiro atoms. The van der Waals surface area contributed by atoms with Gasteiger partial charge in [-0.15, -0.1) is 0 Å². The fraction of sp³-hybridized carbons (Fsp3) is 0.444. The Morgan fingerprint density at radius 1 is 1.29 bits per heavy atom. The highest BCUT2D eigenvalue weighted by molar-refractivity contribution is 6.32. The van der Waals surface area contributed by atoms with Gasteiger partial charge in [-0.3, -0.25) is 15.0 Å². The summed E-state index contributed by atoms with van der Waals surface area (Å²) < 4.78 is 0. The second-order valence-corrected chi connectivity index (χ2v) is 7.17. The van der Waals surface area contributed by atoms with E-state index in [2.05, 4.69) is 4.90 Å². The van der Waals surface area contributed by atoms with Crippen molar-refractivity contribution in [1.29, 1.82) is 0 Å². The second-order valence-electron chi connectivity index (χ2n) is 6.76. The van der Waals surface area contributed by atoms with Gasteiger partial charge in [-0.25, -0.2) is 0 Å². The van der Waals surface area contributed by atoms with Crippen LogP contribution in [-0.4, -0.2) is 34.1 Å². The Morgan fingerprint density at radius 3 is 2.92 bits per heavy atom. The molecule has 0 saturated carbocycles. The van der Waals surface area contributed by atoms with Crippen LogP contribution in [0.15, 0.2) is 35.4 Å². The molecule has 2 atom stereocenters. The fourth-order valence-corrected chi connectivity index (χ4v) is 4.42. The lowest BCUT2D eigenvalue weighted by Gasteiger charge is -2.39. The van der Waals surface area contributed by atoms with Crippen LogP contribution in [0.1, 0.15) is 36.4 Å². The zero-order valence-electron chi connectivity index (χ0n) is 13.2. The lowest BCUT2D eigenvalue weighted by Crippen LogP contribution is -2.37. The molecule has 0 bridgehead atoms. The van der Waals surface area contributed by atoms with Crippen molar-refractivity contribution in [2.24, 2.45) is 0 Å². The maximum Gasteiger partial charge on any atom is 0.235 e. The van der Waals surface area contributed by atoms with Crippen molar-refractivity contribution in [2.75, 3.05) is 13.1 Å². The molecule has 2 heterocycles. The van der Waals surface area contributed by atoms with Crippen molar-refractivity contribution < 1.29 is 10.0 Å². The molecule has 1 aromatic rings. The van der Waals surface area contributed by atoms with E-state index in [-0.39, 0.29) is 16.7 Å². The highest BCUT2D eigenvalue weighted by Gasteiger charge is 2.37. The molecule has 5 nitrogen and oxygen atoms in total. The van der Waals surface area contributed by atoms with Gasteiger partial charge in [0.05, 0.1) is 11.1 Å². The second kappa shape index (κ2) is 5.90. The topological polar surface area (TPSA) is 66.6 Å². The van der Waals surface area contributed by atoms with Gasteiger partial charge in [-0.1, -0.05) is 17.7 Å². The van der Waals surface area contributed by atoms with Crippen molar-refractivity contribution in [3.8, 4) is 5.75 Å². The number of phenolic OH excluding ortho intramolecular Hbond substituents is 1. The molecule has 1 aliphatic carbocycles. The van der Waals surface area contributed by atoms with Crippen molar-refractivity contribution in [2.45, 2.75) is 37.8 Å². The normalized spacial score (nSPS) is 26.4. The average Bonchev–Trinajstić information content (AvgIpc) is 2.74. The Bertz CT molecular complexity index is 772. The molecular weight excluding hydrogens is 328 g/mol. The van der Waals surface area contributed by atoms with Crippen LogP contribution in [0.25, 0.3) is 0 Å². The van der Waals surface area contributed by atoms with E-state index in [1.165, 1.54) is 5.57 Å². The SMILES string of the molecule is O=[N+]([O-])C1C=CC2=C(C1)C1c3cc(O)c(Cl)cc3CCN1CCC2. The summed E-state index contributed by atoms with van der Waals surface area (Å²) in [5.74, 6) is 0.0841. The molecule has 2 unspecified atom stereocenters. The van der Waals surface area contributed by atoms with E-state index in [9.17, 15) is 15.2 Å². The Balaban J connectivity index is 1.83. The molecule has 6 heteroatoms. The molecule has 4 rings (SSSR count). The summed E-state index contributed by atoms with van der Waals surface area (Å²) >= 11 is 6.08. The first-order chi connectivity index (χ1) is 11.5. The molecule has 0 radical (unpaired) electrons. The zero-order chi connectivity index (χ0) is 16.8. The van der Waals surface area contributed by atoms with Gasteiger partial charge in [0.25, 0.3) is 0 Å². The van der Waals surface area contributed by atoms with Crippen LogP contribution < -0.4 is 0 Å². The van der Waals surface area contributed by atoms with Gasteiger partial charge < -0.3 is 5.11 Å². The number of phenols is 1. The van der Waals surface area contributed by atoms with Crippen LogP contribution in [-0.2, 0) is 6.42 Å².